The number of ether oxygens (including phenoxy) is 1. The zero-order valence-electron chi connectivity index (χ0n) is 14.9. The van der Waals surface area contributed by atoms with E-state index in [1.54, 1.807) is 0 Å². The van der Waals surface area contributed by atoms with E-state index in [0.29, 0.717) is 29.1 Å². The Hall–Kier alpha value is -0.820. The van der Waals surface area contributed by atoms with Gasteiger partial charge in [0.15, 0.2) is 0 Å². The van der Waals surface area contributed by atoms with Gasteiger partial charge in [0.1, 0.15) is 0 Å². The van der Waals surface area contributed by atoms with E-state index in [0.717, 1.165) is 13.2 Å². The lowest BCUT2D eigenvalue weighted by molar-refractivity contribution is 0.130. The minimum Gasteiger partial charge on any atom is -0.381 e. The molecular weight excluding hydrogens is 256 g/mol. The van der Waals surface area contributed by atoms with Crippen molar-refractivity contribution in [3.05, 3.63) is 34.9 Å². The highest BCUT2D eigenvalue weighted by Gasteiger charge is 2.59. The fraction of sp³-hybridized carbons (Fsp3) is 0.700. The van der Waals surface area contributed by atoms with Gasteiger partial charge in [-0.15, -0.1) is 0 Å². The SMILES string of the molecule is CCOCC1C(C)[C@@]1(C)c1cc(C(C)C)cc(C(C)C)c1. The summed E-state index contributed by atoms with van der Waals surface area (Å²) in [6.07, 6.45) is 0. The second-order valence-corrected chi connectivity index (χ2v) is 7.54. The number of hydrogen-bond donors (Lipinski definition) is 0. The number of benzene rings is 1. The molecule has 1 fully saturated rings. The zero-order valence-corrected chi connectivity index (χ0v) is 14.9. The van der Waals surface area contributed by atoms with Crippen LogP contribution >= 0.6 is 0 Å². The van der Waals surface area contributed by atoms with Crippen LogP contribution < -0.4 is 0 Å². The molecule has 0 aromatic heterocycles. The van der Waals surface area contributed by atoms with Crippen LogP contribution in [0.4, 0.5) is 0 Å². The van der Waals surface area contributed by atoms with Crippen LogP contribution in [0.1, 0.15) is 77.0 Å². The molecule has 2 unspecified atom stereocenters. The second-order valence-electron chi connectivity index (χ2n) is 7.54. The summed E-state index contributed by atoms with van der Waals surface area (Å²) < 4.78 is 5.70. The largest absolute Gasteiger partial charge is 0.381 e. The molecule has 0 radical (unpaired) electrons. The van der Waals surface area contributed by atoms with Crippen LogP contribution in [0.15, 0.2) is 18.2 Å². The van der Waals surface area contributed by atoms with Gasteiger partial charge in [0.2, 0.25) is 0 Å². The van der Waals surface area contributed by atoms with Crippen LogP contribution in [0.3, 0.4) is 0 Å². The Morgan fingerprint density at radius 3 is 2.00 bits per heavy atom. The van der Waals surface area contributed by atoms with Crippen molar-refractivity contribution in [2.75, 3.05) is 13.2 Å². The summed E-state index contributed by atoms with van der Waals surface area (Å²) in [6.45, 7) is 17.8. The van der Waals surface area contributed by atoms with Crippen molar-refractivity contribution in [2.45, 2.75) is 65.7 Å². The molecule has 21 heavy (non-hydrogen) atoms. The van der Waals surface area contributed by atoms with Crippen molar-refractivity contribution in [3.63, 3.8) is 0 Å². The molecule has 0 heterocycles. The van der Waals surface area contributed by atoms with Gasteiger partial charge >= 0.3 is 0 Å². The van der Waals surface area contributed by atoms with Gasteiger partial charge in [-0.3, -0.25) is 0 Å². The highest BCUT2D eigenvalue weighted by atomic mass is 16.5. The third-order valence-corrected chi connectivity index (χ3v) is 5.65. The van der Waals surface area contributed by atoms with Gasteiger partial charge in [-0.1, -0.05) is 59.7 Å². The van der Waals surface area contributed by atoms with Crippen molar-refractivity contribution < 1.29 is 4.74 Å². The quantitative estimate of drug-likeness (QED) is 0.672. The zero-order chi connectivity index (χ0) is 15.8. The molecule has 1 saturated carbocycles. The van der Waals surface area contributed by atoms with E-state index in [2.05, 4.69) is 66.7 Å². The summed E-state index contributed by atoms with van der Waals surface area (Å²) in [5.41, 5.74) is 4.77. The highest BCUT2D eigenvalue weighted by molar-refractivity contribution is 5.42. The van der Waals surface area contributed by atoms with Crippen molar-refractivity contribution in [3.8, 4) is 0 Å². The van der Waals surface area contributed by atoms with E-state index in [-0.39, 0.29) is 0 Å². The van der Waals surface area contributed by atoms with Crippen LogP contribution in [0.5, 0.6) is 0 Å². The monoisotopic (exact) mass is 288 g/mol. The molecule has 0 amide bonds. The maximum atomic E-state index is 5.70. The van der Waals surface area contributed by atoms with E-state index in [9.17, 15) is 0 Å². The first-order valence-electron chi connectivity index (χ1n) is 8.55. The first-order chi connectivity index (χ1) is 9.82. The predicted molar refractivity (Wildman–Crippen MR) is 91.1 cm³/mol. The Morgan fingerprint density at radius 2 is 1.57 bits per heavy atom. The average Bonchev–Trinajstić information content (AvgIpc) is 2.98. The lowest BCUT2D eigenvalue weighted by Crippen LogP contribution is -2.11. The fourth-order valence-electron chi connectivity index (χ4n) is 3.53. The molecule has 2 rings (SSSR count). The lowest BCUT2D eigenvalue weighted by Gasteiger charge is -2.19. The van der Waals surface area contributed by atoms with Crippen molar-refractivity contribution in [1.29, 1.82) is 0 Å². The van der Waals surface area contributed by atoms with Gasteiger partial charge in [-0.25, -0.2) is 0 Å². The molecule has 3 atom stereocenters. The first kappa shape index (κ1) is 16.5. The minimum atomic E-state index is 0.295. The van der Waals surface area contributed by atoms with Crippen molar-refractivity contribution in [1.82, 2.24) is 0 Å². The highest BCUT2D eigenvalue weighted by Crippen LogP contribution is 2.60. The van der Waals surface area contributed by atoms with Gasteiger partial charge in [-0.2, -0.15) is 0 Å². The van der Waals surface area contributed by atoms with Crippen LogP contribution in [-0.4, -0.2) is 13.2 Å². The third-order valence-electron chi connectivity index (χ3n) is 5.65. The Bertz CT molecular complexity index is 462. The van der Waals surface area contributed by atoms with Crippen LogP contribution in [0.25, 0.3) is 0 Å². The molecule has 1 aliphatic rings. The van der Waals surface area contributed by atoms with Gasteiger partial charge in [-0.05, 0) is 47.3 Å². The average molecular weight is 288 g/mol. The maximum absolute atomic E-state index is 5.70. The van der Waals surface area contributed by atoms with Crippen molar-refractivity contribution >= 4 is 0 Å². The molecule has 118 valence electrons. The fourth-order valence-corrected chi connectivity index (χ4v) is 3.53. The van der Waals surface area contributed by atoms with Crippen LogP contribution in [0.2, 0.25) is 0 Å². The second kappa shape index (κ2) is 6.12. The topological polar surface area (TPSA) is 9.23 Å². The Morgan fingerprint density at radius 1 is 1.05 bits per heavy atom. The number of hydrogen-bond acceptors (Lipinski definition) is 1. The van der Waals surface area contributed by atoms with E-state index >= 15 is 0 Å². The summed E-state index contributed by atoms with van der Waals surface area (Å²) in [4.78, 5) is 0. The minimum absolute atomic E-state index is 0.295. The number of rotatable bonds is 6. The molecule has 1 nitrogen and oxygen atoms in total. The first-order valence-corrected chi connectivity index (χ1v) is 8.55. The normalized spacial score (nSPS) is 28.4. The Labute approximate surface area is 131 Å². The molecular formula is C20H32O. The summed E-state index contributed by atoms with van der Waals surface area (Å²) >= 11 is 0. The van der Waals surface area contributed by atoms with Gasteiger partial charge in [0, 0.05) is 12.0 Å². The Kier molecular flexibility index (Phi) is 4.82. The van der Waals surface area contributed by atoms with E-state index in [4.69, 9.17) is 4.74 Å². The van der Waals surface area contributed by atoms with E-state index in [1.165, 1.54) is 16.7 Å². The summed E-state index contributed by atoms with van der Waals surface area (Å²) in [5, 5.41) is 0. The molecule has 0 saturated heterocycles. The van der Waals surface area contributed by atoms with Crippen LogP contribution in [0, 0.1) is 11.8 Å². The predicted octanol–water partition coefficient (Wildman–Crippen LogP) is 5.49. The molecule has 1 aliphatic carbocycles. The third kappa shape index (κ3) is 3.04. The smallest absolute Gasteiger partial charge is 0.0505 e. The molecule has 1 aromatic carbocycles. The molecule has 0 aliphatic heterocycles. The summed E-state index contributed by atoms with van der Waals surface area (Å²) in [5.74, 6) is 2.56. The molecule has 1 aromatic rings. The molecule has 0 N–H and O–H groups in total. The van der Waals surface area contributed by atoms with Crippen molar-refractivity contribution in [2.24, 2.45) is 11.8 Å². The maximum Gasteiger partial charge on any atom is 0.0505 e. The van der Waals surface area contributed by atoms with Crippen LogP contribution in [-0.2, 0) is 10.2 Å². The Balaban J connectivity index is 2.35. The molecule has 0 spiro atoms. The van der Waals surface area contributed by atoms with Gasteiger partial charge in [0.25, 0.3) is 0 Å². The van der Waals surface area contributed by atoms with Gasteiger partial charge in [0.05, 0.1) is 6.61 Å². The van der Waals surface area contributed by atoms with Gasteiger partial charge < -0.3 is 4.74 Å². The molecule has 1 heteroatoms. The van der Waals surface area contributed by atoms with E-state index in [1.807, 2.05) is 0 Å². The van der Waals surface area contributed by atoms with E-state index < -0.39 is 0 Å². The summed E-state index contributed by atoms with van der Waals surface area (Å²) in [6, 6.07) is 7.28. The molecule has 0 bridgehead atoms. The lowest BCUT2D eigenvalue weighted by atomic mass is 9.86. The standard InChI is InChI=1S/C20H32O/c1-8-21-12-19-15(6)20(19,7)18-10-16(13(2)3)9-17(11-18)14(4)5/h9-11,13-15,19H,8,12H2,1-7H3/t15?,19?,20-/m0/s1. The summed E-state index contributed by atoms with van der Waals surface area (Å²) in [7, 11) is 0.